The number of carbonyl (C=O) groups excluding carboxylic acids is 1. The number of aromatic nitrogens is 1. The molecule has 0 saturated carbocycles. The quantitative estimate of drug-likeness (QED) is 0.800. The molecule has 2 rings (SSSR count). The molecule has 106 valence electrons. The Morgan fingerprint density at radius 2 is 2.47 bits per heavy atom. The molecule has 0 spiro atoms. The van der Waals surface area contributed by atoms with E-state index in [2.05, 4.69) is 4.98 Å². The molecule has 6 heteroatoms. The highest BCUT2D eigenvalue weighted by atomic mass is 16.5. The Hall–Kier alpha value is -1.40. The van der Waals surface area contributed by atoms with Crippen molar-refractivity contribution < 1.29 is 18.7 Å². The van der Waals surface area contributed by atoms with Crippen molar-refractivity contribution in [1.82, 2.24) is 9.88 Å². The van der Waals surface area contributed by atoms with Crippen LogP contribution in [0.1, 0.15) is 29.6 Å². The number of hydrogen-bond acceptors (Lipinski definition) is 5. The minimum absolute atomic E-state index is 0.0441. The Morgan fingerprint density at radius 1 is 1.63 bits per heavy atom. The molecule has 1 saturated heterocycles. The van der Waals surface area contributed by atoms with Gasteiger partial charge in [0.2, 0.25) is 0 Å². The Morgan fingerprint density at radius 3 is 3.21 bits per heavy atom. The molecule has 1 atom stereocenters. The fourth-order valence-electron chi connectivity index (χ4n) is 2.25. The molecule has 2 heterocycles. The predicted molar refractivity (Wildman–Crippen MR) is 68.0 cm³/mol. The van der Waals surface area contributed by atoms with Crippen LogP contribution in [-0.2, 0) is 15.9 Å². The van der Waals surface area contributed by atoms with E-state index in [0.29, 0.717) is 44.2 Å². The largest absolute Gasteiger partial charge is 0.448 e. The van der Waals surface area contributed by atoms with E-state index in [1.54, 1.807) is 7.11 Å². The summed E-state index contributed by atoms with van der Waals surface area (Å²) in [4.78, 5) is 18.4. The Kier molecular flexibility index (Phi) is 4.93. The van der Waals surface area contributed by atoms with Crippen molar-refractivity contribution in [3.05, 3.63) is 17.8 Å². The van der Waals surface area contributed by atoms with Crippen LogP contribution in [0.4, 0.5) is 0 Å². The molecule has 19 heavy (non-hydrogen) atoms. The smallest absolute Gasteiger partial charge is 0.276 e. The van der Waals surface area contributed by atoms with Gasteiger partial charge in [0.05, 0.1) is 19.3 Å². The third-order valence-electron chi connectivity index (χ3n) is 3.31. The number of rotatable bonds is 5. The summed E-state index contributed by atoms with van der Waals surface area (Å²) in [5, 5.41) is 0. The number of carbonyl (C=O) groups is 1. The molecule has 0 aromatic carbocycles. The van der Waals surface area contributed by atoms with Gasteiger partial charge in [-0.1, -0.05) is 6.92 Å². The molecule has 0 N–H and O–H groups in total. The zero-order valence-electron chi connectivity index (χ0n) is 11.4. The van der Waals surface area contributed by atoms with Crippen molar-refractivity contribution in [3.8, 4) is 0 Å². The molecule has 6 nitrogen and oxygen atoms in total. The number of aryl methyl sites for hydroxylation is 1. The lowest BCUT2D eigenvalue weighted by molar-refractivity contribution is -0.0107. The van der Waals surface area contributed by atoms with E-state index < -0.39 is 0 Å². The van der Waals surface area contributed by atoms with Crippen LogP contribution in [0, 0.1) is 0 Å². The number of methoxy groups -OCH3 is 1. The van der Waals surface area contributed by atoms with Gasteiger partial charge in [-0.05, 0) is 6.42 Å². The lowest BCUT2D eigenvalue weighted by Gasteiger charge is -2.35. The topological polar surface area (TPSA) is 64.8 Å². The van der Waals surface area contributed by atoms with Crippen LogP contribution in [0.15, 0.2) is 10.8 Å². The van der Waals surface area contributed by atoms with Gasteiger partial charge >= 0.3 is 0 Å². The van der Waals surface area contributed by atoms with Gasteiger partial charge in [0.15, 0.2) is 12.1 Å². The van der Waals surface area contributed by atoms with Crippen LogP contribution in [0.2, 0.25) is 0 Å². The summed E-state index contributed by atoms with van der Waals surface area (Å²) in [5.74, 6) is 0.567. The molecule has 1 aromatic rings. The third kappa shape index (κ3) is 3.13. The Bertz CT molecular complexity index is 419. The lowest BCUT2D eigenvalue weighted by atomic mass is 10.1. The van der Waals surface area contributed by atoms with Crippen molar-refractivity contribution in [2.45, 2.75) is 25.8 Å². The number of morpholine rings is 1. The fraction of sp³-hybridized carbons (Fsp3) is 0.692. The summed E-state index contributed by atoms with van der Waals surface area (Å²) < 4.78 is 15.7. The van der Waals surface area contributed by atoms with E-state index in [1.807, 2.05) is 11.8 Å². The average molecular weight is 268 g/mol. The molecule has 1 aliphatic heterocycles. The standard InChI is InChI=1S/C13H20N2O4/c1-3-11-12(14-9-19-11)13(16)15-5-7-18-8-10(15)4-6-17-2/h9-10H,3-8H2,1-2H3/t10-/m0/s1. The number of nitrogens with zero attached hydrogens (tertiary/aromatic N) is 2. The molecule has 1 fully saturated rings. The highest BCUT2D eigenvalue weighted by Gasteiger charge is 2.30. The minimum Gasteiger partial charge on any atom is -0.448 e. The van der Waals surface area contributed by atoms with Crippen LogP contribution >= 0.6 is 0 Å². The number of hydrogen-bond donors (Lipinski definition) is 0. The van der Waals surface area contributed by atoms with E-state index in [1.165, 1.54) is 6.39 Å². The summed E-state index contributed by atoms with van der Waals surface area (Å²) in [7, 11) is 1.66. The van der Waals surface area contributed by atoms with E-state index in [0.717, 1.165) is 6.42 Å². The molecule has 0 unspecified atom stereocenters. The van der Waals surface area contributed by atoms with Gasteiger partial charge < -0.3 is 18.8 Å². The van der Waals surface area contributed by atoms with Crippen molar-refractivity contribution in [2.24, 2.45) is 0 Å². The maximum Gasteiger partial charge on any atom is 0.276 e. The molecule has 1 aliphatic rings. The second kappa shape index (κ2) is 6.68. The van der Waals surface area contributed by atoms with Gasteiger partial charge in [-0.15, -0.1) is 0 Å². The van der Waals surface area contributed by atoms with Crippen molar-refractivity contribution in [3.63, 3.8) is 0 Å². The molecule has 0 radical (unpaired) electrons. The van der Waals surface area contributed by atoms with E-state index >= 15 is 0 Å². The van der Waals surface area contributed by atoms with Gasteiger partial charge in [-0.2, -0.15) is 0 Å². The van der Waals surface area contributed by atoms with Crippen LogP contribution in [0.25, 0.3) is 0 Å². The zero-order chi connectivity index (χ0) is 13.7. The van der Waals surface area contributed by atoms with Crippen molar-refractivity contribution >= 4 is 5.91 Å². The molecule has 1 aromatic heterocycles. The minimum atomic E-state index is -0.0741. The maximum absolute atomic E-state index is 12.5. The lowest BCUT2D eigenvalue weighted by Crippen LogP contribution is -2.49. The van der Waals surface area contributed by atoms with Crippen LogP contribution in [-0.4, -0.2) is 55.3 Å². The fourth-order valence-corrected chi connectivity index (χ4v) is 2.25. The van der Waals surface area contributed by atoms with Gasteiger partial charge in [0.1, 0.15) is 5.76 Å². The summed E-state index contributed by atoms with van der Waals surface area (Å²) in [6.07, 6.45) is 2.76. The maximum atomic E-state index is 12.5. The Balaban J connectivity index is 2.10. The van der Waals surface area contributed by atoms with Crippen molar-refractivity contribution in [1.29, 1.82) is 0 Å². The van der Waals surface area contributed by atoms with Gasteiger partial charge in [-0.3, -0.25) is 4.79 Å². The molecular formula is C13H20N2O4. The molecule has 1 amide bonds. The second-order valence-electron chi connectivity index (χ2n) is 4.49. The number of ether oxygens (including phenoxy) is 2. The first-order chi connectivity index (χ1) is 9.27. The summed E-state index contributed by atoms with van der Waals surface area (Å²) in [6, 6.07) is 0.0441. The highest BCUT2D eigenvalue weighted by Crippen LogP contribution is 2.17. The van der Waals surface area contributed by atoms with Gasteiger partial charge in [0.25, 0.3) is 5.91 Å². The summed E-state index contributed by atoms with van der Waals surface area (Å²) in [6.45, 7) is 4.25. The first-order valence-electron chi connectivity index (χ1n) is 6.58. The van der Waals surface area contributed by atoms with Crippen LogP contribution < -0.4 is 0 Å². The van der Waals surface area contributed by atoms with E-state index in [4.69, 9.17) is 13.9 Å². The van der Waals surface area contributed by atoms with Crippen LogP contribution in [0.3, 0.4) is 0 Å². The normalized spacial score (nSPS) is 19.7. The number of oxazole rings is 1. The summed E-state index contributed by atoms with van der Waals surface area (Å²) in [5.41, 5.74) is 0.423. The predicted octanol–water partition coefficient (Wildman–Crippen LogP) is 1.11. The number of amides is 1. The molecular weight excluding hydrogens is 248 g/mol. The monoisotopic (exact) mass is 268 g/mol. The summed E-state index contributed by atoms with van der Waals surface area (Å²) >= 11 is 0. The highest BCUT2D eigenvalue weighted by molar-refractivity contribution is 5.93. The SMILES string of the molecule is CCc1ocnc1C(=O)N1CCOC[C@@H]1CCOC. The van der Waals surface area contributed by atoms with E-state index in [9.17, 15) is 4.79 Å². The Labute approximate surface area is 112 Å². The first kappa shape index (κ1) is 14.0. The van der Waals surface area contributed by atoms with Gasteiger partial charge in [0, 0.05) is 26.7 Å². The molecule has 0 bridgehead atoms. The van der Waals surface area contributed by atoms with Crippen molar-refractivity contribution in [2.75, 3.05) is 33.5 Å². The second-order valence-corrected chi connectivity index (χ2v) is 4.49. The first-order valence-corrected chi connectivity index (χ1v) is 6.58. The third-order valence-corrected chi connectivity index (χ3v) is 3.31. The average Bonchev–Trinajstić information content (AvgIpc) is 2.93. The van der Waals surface area contributed by atoms with Crippen LogP contribution in [0.5, 0.6) is 0 Å². The zero-order valence-corrected chi connectivity index (χ0v) is 11.4. The molecule has 0 aliphatic carbocycles. The van der Waals surface area contributed by atoms with E-state index in [-0.39, 0.29) is 11.9 Å². The van der Waals surface area contributed by atoms with Gasteiger partial charge in [-0.25, -0.2) is 4.98 Å².